The van der Waals surface area contributed by atoms with Gasteiger partial charge < -0.3 is 73.5 Å². The molecular weight excluding hydrogens is 1140 g/mol. The van der Waals surface area contributed by atoms with E-state index in [1.807, 2.05) is 46.4 Å². The molecule has 25 heteroatoms. The van der Waals surface area contributed by atoms with Gasteiger partial charge in [0.15, 0.2) is 17.5 Å². The molecule has 0 aromatic carbocycles. The van der Waals surface area contributed by atoms with Gasteiger partial charge in [-0.15, -0.1) is 0 Å². The molecule has 0 radical (unpaired) electrons. The maximum atomic E-state index is 12.7. The molecule has 9 aliphatic rings. The van der Waals surface area contributed by atoms with E-state index in [-0.39, 0.29) is 12.1 Å². The Bertz CT molecular complexity index is 2570. The van der Waals surface area contributed by atoms with Gasteiger partial charge in [0.05, 0.1) is 0 Å². The number of carbonyl (C=O) groups excluding carboxylic acids is 3. The number of amides is 4. The SMILES string of the molecule is CNC(=O)Cl.CNC(=O)N1CCC[C@H]1C1CCN(C2CCCN(c3nc(C)no3)CC2)CC1.Cc1noc(N2CCCC(N3CCC([C@@H]4CCCN4)CC3)CC2)n1.Cc1noc(N2CCCC(N3CCC([C@@H]4CCCN4C(=O)OC(C)(C)C)CC3)CC2)n1. The van der Waals surface area contributed by atoms with Crippen molar-refractivity contribution in [3.05, 3.63) is 17.5 Å². The van der Waals surface area contributed by atoms with Crippen LogP contribution in [0.4, 0.5) is 32.4 Å². The quantitative estimate of drug-likeness (QED) is 0.134. The topological polar surface area (TPSA) is 239 Å². The van der Waals surface area contributed by atoms with Crippen LogP contribution in [0, 0.1) is 38.5 Å². The van der Waals surface area contributed by atoms with Crippen molar-refractivity contribution < 1.29 is 32.7 Å². The number of urea groups is 1. The lowest BCUT2D eigenvalue weighted by Gasteiger charge is -2.41. The highest BCUT2D eigenvalue weighted by molar-refractivity contribution is 6.62. The minimum absolute atomic E-state index is 0.102. The van der Waals surface area contributed by atoms with Crippen LogP contribution in [0.1, 0.15) is 173 Å². The first-order valence-corrected chi connectivity index (χ1v) is 34.4. The van der Waals surface area contributed by atoms with Crippen LogP contribution >= 0.6 is 11.6 Å². The van der Waals surface area contributed by atoms with Crippen molar-refractivity contribution in [3.8, 4) is 0 Å². The number of nitrogens with one attached hydrogen (secondary N) is 3. The highest BCUT2D eigenvalue weighted by Gasteiger charge is 2.41. The molecule has 3 aromatic heterocycles. The van der Waals surface area contributed by atoms with Crippen molar-refractivity contribution in [2.75, 3.05) is 127 Å². The Labute approximate surface area is 528 Å². The van der Waals surface area contributed by atoms with Crippen molar-refractivity contribution >= 4 is 47.1 Å². The number of rotatable bonds is 9. The molecule has 0 saturated carbocycles. The second-order valence-electron chi connectivity index (χ2n) is 27.3. The van der Waals surface area contributed by atoms with Gasteiger partial charge in [0.1, 0.15) is 5.60 Å². The Morgan fingerprint density at radius 3 is 1.19 bits per heavy atom. The summed E-state index contributed by atoms with van der Waals surface area (Å²) in [5.74, 6) is 4.29. The van der Waals surface area contributed by atoms with Crippen LogP contribution in [-0.2, 0) is 4.74 Å². The number of ether oxygens (including phenoxy) is 1. The van der Waals surface area contributed by atoms with Crippen LogP contribution < -0.4 is 30.7 Å². The lowest BCUT2D eigenvalue weighted by Crippen LogP contribution is -2.49. The predicted octanol–water partition coefficient (Wildman–Crippen LogP) is 8.87. The molecule has 3 N–H and O–H groups in total. The maximum Gasteiger partial charge on any atom is 0.410 e. The lowest BCUT2D eigenvalue weighted by atomic mass is 9.87. The normalized spacial score (nSPS) is 27.0. The van der Waals surface area contributed by atoms with Crippen molar-refractivity contribution in [2.24, 2.45) is 17.8 Å². The molecule has 0 aliphatic carbocycles. The number of piperidine rings is 3. The van der Waals surface area contributed by atoms with Crippen molar-refractivity contribution in [3.63, 3.8) is 0 Å². The molecule has 3 aromatic rings. The molecule has 3 unspecified atom stereocenters. The van der Waals surface area contributed by atoms with Crippen LogP contribution in [0.25, 0.3) is 0 Å². The Balaban J connectivity index is 0.000000152. The molecule has 9 aliphatic heterocycles. The van der Waals surface area contributed by atoms with Gasteiger partial charge in [0.2, 0.25) is 0 Å². The van der Waals surface area contributed by atoms with E-state index >= 15 is 0 Å². The van der Waals surface area contributed by atoms with E-state index in [2.05, 4.69) is 80.7 Å². The van der Waals surface area contributed by atoms with Gasteiger partial charge in [0, 0.05) is 103 Å². The first-order chi connectivity index (χ1) is 42.5. The third-order valence-corrected chi connectivity index (χ3v) is 20.6. The number of halogens is 1. The third-order valence-electron chi connectivity index (χ3n) is 20.4. The minimum Gasteiger partial charge on any atom is -0.444 e. The first kappa shape index (κ1) is 67.4. The number of aryl methyl sites for hydroxylation is 3. The van der Waals surface area contributed by atoms with E-state index in [9.17, 15) is 14.4 Å². The first-order valence-electron chi connectivity index (χ1n) is 34.0. The van der Waals surface area contributed by atoms with Gasteiger partial charge in [-0.05, 0) is 252 Å². The van der Waals surface area contributed by atoms with Crippen molar-refractivity contribution in [1.29, 1.82) is 0 Å². The summed E-state index contributed by atoms with van der Waals surface area (Å²) in [5.41, 5.74) is -0.430. The van der Waals surface area contributed by atoms with Crippen molar-refractivity contribution in [1.82, 2.24) is 70.9 Å². The summed E-state index contributed by atoms with van der Waals surface area (Å²) in [5, 5.41) is 20.0. The van der Waals surface area contributed by atoms with Gasteiger partial charge in [-0.1, -0.05) is 15.5 Å². The molecule has 0 spiro atoms. The number of hydrogen-bond acceptors (Lipinski definition) is 20. The summed E-state index contributed by atoms with van der Waals surface area (Å²) < 4.78 is 21.8. The Morgan fingerprint density at radius 2 is 0.852 bits per heavy atom. The fourth-order valence-electron chi connectivity index (χ4n) is 15.8. The van der Waals surface area contributed by atoms with Crippen molar-refractivity contribution in [2.45, 2.75) is 218 Å². The van der Waals surface area contributed by atoms with E-state index in [0.29, 0.717) is 65.7 Å². The minimum atomic E-state index is -0.523. The van der Waals surface area contributed by atoms with E-state index in [1.54, 1.807) is 7.05 Å². The molecule has 6 atom stereocenters. The monoisotopic (exact) mass is 1250 g/mol. The third kappa shape index (κ3) is 19.0. The molecule has 88 heavy (non-hydrogen) atoms. The summed E-state index contributed by atoms with van der Waals surface area (Å²) in [7, 11) is 3.21. The summed E-state index contributed by atoms with van der Waals surface area (Å²) in [4.78, 5) is 66.5. The smallest absolute Gasteiger partial charge is 0.410 e. The summed E-state index contributed by atoms with van der Waals surface area (Å²) in [6.45, 7) is 27.6. The molecule has 494 valence electrons. The number of hydrogen-bond donors (Lipinski definition) is 3. The number of likely N-dealkylation sites (tertiary alicyclic amines) is 5. The van der Waals surface area contributed by atoms with E-state index in [1.165, 1.54) is 123 Å². The van der Waals surface area contributed by atoms with Crippen LogP contribution in [0.15, 0.2) is 13.6 Å². The summed E-state index contributed by atoms with van der Waals surface area (Å²) in [6, 6.07) is 5.75. The largest absolute Gasteiger partial charge is 0.444 e. The average Bonchev–Trinajstić information content (AvgIpc) is 4.57. The Hall–Kier alpha value is -5.04. The molecule has 12 rings (SSSR count). The second-order valence-corrected chi connectivity index (χ2v) is 27.6. The Morgan fingerprint density at radius 1 is 0.477 bits per heavy atom. The van der Waals surface area contributed by atoms with Gasteiger partial charge in [-0.3, -0.25) is 4.79 Å². The number of anilines is 3. The highest BCUT2D eigenvalue weighted by atomic mass is 35.5. The summed E-state index contributed by atoms with van der Waals surface area (Å²) >= 11 is 4.71. The number of nitrogens with zero attached hydrogens (tertiary/aromatic N) is 14. The molecular formula is C63H108ClN17O7. The average molecular weight is 1250 g/mol. The molecule has 9 fully saturated rings. The fourth-order valence-corrected chi connectivity index (χ4v) is 15.8. The predicted molar refractivity (Wildman–Crippen MR) is 341 cm³/mol. The standard InChI is InChI=1S/C23H39N5O3.C20H34N6O2.C18H31N5O.C2H4ClNO/c1-17-24-21(31-25-17)27-12-5-7-19(11-16-27)26-14-9-18(10-15-26)20-8-6-13-28(20)22(29)30-23(2,3)4;1-15-22-20(28-23-15)25-10-3-5-17(9-14-25)24-12-7-16(8-13-24)18-6-4-11-26(18)19(27)21-2;1-14-20-18(24-21-14)23-10-3-4-16(8-13-23)22-11-6-15(7-12-22)17-5-2-9-19-17;1-4-2(3)5/h18-20H,5-16H2,1-4H3;16-18H,3-14H2,1-2H3,(H,21,27);15-17,19H,2-13H2,1H3;1H3,(H,4,5)/t19?,20-;17?,18-;16?,17-;/m000./s1. The van der Waals surface area contributed by atoms with Gasteiger partial charge >= 0.3 is 35.5 Å². The number of aromatic nitrogens is 6. The Kier molecular flexibility index (Phi) is 25.1. The molecule has 24 nitrogen and oxygen atoms in total. The molecule has 12 heterocycles. The zero-order valence-corrected chi connectivity index (χ0v) is 55.4. The lowest BCUT2D eigenvalue weighted by molar-refractivity contribution is 0.0116. The van der Waals surface area contributed by atoms with E-state index < -0.39 is 11.0 Å². The van der Waals surface area contributed by atoms with Gasteiger partial charge in [-0.2, -0.15) is 15.0 Å². The fraction of sp³-hybridized carbons (Fsp3) is 0.857. The van der Waals surface area contributed by atoms with Gasteiger partial charge in [-0.25, -0.2) is 9.59 Å². The second kappa shape index (κ2) is 32.8. The molecule has 0 bridgehead atoms. The molecule has 4 amide bonds. The van der Waals surface area contributed by atoms with E-state index in [0.717, 1.165) is 141 Å². The van der Waals surface area contributed by atoms with E-state index in [4.69, 9.17) is 29.9 Å². The number of carbonyl (C=O) groups is 3. The van der Waals surface area contributed by atoms with Crippen LogP contribution in [0.5, 0.6) is 0 Å². The van der Waals surface area contributed by atoms with Crippen LogP contribution in [0.2, 0.25) is 0 Å². The maximum absolute atomic E-state index is 12.7. The zero-order valence-electron chi connectivity index (χ0n) is 54.6. The summed E-state index contributed by atoms with van der Waals surface area (Å²) in [6.07, 6.45) is 25.5. The van der Waals surface area contributed by atoms with Crippen LogP contribution in [-0.4, -0.2) is 227 Å². The highest BCUT2D eigenvalue weighted by Crippen LogP contribution is 2.36. The molecule has 9 saturated heterocycles. The zero-order chi connectivity index (χ0) is 62.2. The van der Waals surface area contributed by atoms with Gasteiger partial charge in [0.25, 0.3) is 0 Å². The van der Waals surface area contributed by atoms with Crippen LogP contribution in [0.3, 0.4) is 0 Å².